The van der Waals surface area contributed by atoms with Gasteiger partial charge in [-0.25, -0.2) is 4.79 Å². The van der Waals surface area contributed by atoms with Crippen molar-refractivity contribution in [3.63, 3.8) is 0 Å². The first kappa shape index (κ1) is 15.4. The van der Waals surface area contributed by atoms with Crippen molar-refractivity contribution in [1.29, 1.82) is 0 Å². The second kappa shape index (κ2) is 7.19. The fourth-order valence-corrected chi connectivity index (χ4v) is 2.91. The van der Waals surface area contributed by atoms with Crippen molar-refractivity contribution in [2.45, 2.75) is 19.5 Å². The van der Waals surface area contributed by atoms with Gasteiger partial charge in [-0.3, -0.25) is 10.2 Å². The van der Waals surface area contributed by atoms with E-state index >= 15 is 0 Å². The maximum Gasteiger partial charge on any atom is 0.320 e. The second-order valence-electron chi connectivity index (χ2n) is 5.97. The van der Waals surface area contributed by atoms with Gasteiger partial charge in [0.1, 0.15) is 0 Å². The standard InChI is InChI=1S/C17H21N5O/c1-13-10-22(11-14-6-3-2-4-7-14)12-15(13)19-17(23)20-16-8-5-9-18-21-16/h2-9,13,15H,10-12H2,1H3,(H2,19,20,21,23). The van der Waals surface area contributed by atoms with Gasteiger partial charge in [0.2, 0.25) is 0 Å². The number of urea groups is 1. The predicted octanol–water partition coefficient (Wildman–Crippen LogP) is 2.12. The van der Waals surface area contributed by atoms with Crippen LogP contribution in [0, 0.1) is 5.92 Å². The SMILES string of the molecule is CC1CN(Cc2ccccc2)CC1NC(=O)Nc1cccnn1. The molecule has 1 aliphatic heterocycles. The first-order valence-corrected chi connectivity index (χ1v) is 7.82. The number of likely N-dealkylation sites (tertiary alicyclic amines) is 1. The van der Waals surface area contributed by atoms with E-state index in [-0.39, 0.29) is 12.1 Å². The monoisotopic (exact) mass is 311 g/mol. The maximum atomic E-state index is 12.1. The predicted molar refractivity (Wildman–Crippen MR) is 88.9 cm³/mol. The summed E-state index contributed by atoms with van der Waals surface area (Å²) in [4.78, 5) is 14.4. The zero-order valence-electron chi connectivity index (χ0n) is 13.1. The van der Waals surface area contributed by atoms with E-state index in [2.05, 4.69) is 56.9 Å². The molecule has 1 fully saturated rings. The van der Waals surface area contributed by atoms with Crippen LogP contribution in [-0.4, -0.2) is 40.3 Å². The summed E-state index contributed by atoms with van der Waals surface area (Å²) in [6.45, 7) is 4.91. The molecule has 2 N–H and O–H groups in total. The minimum atomic E-state index is -0.232. The van der Waals surface area contributed by atoms with Crippen molar-refractivity contribution in [2.24, 2.45) is 5.92 Å². The smallest absolute Gasteiger partial charge is 0.320 e. The molecule has 6 nitrogen and oxygen atoms in total. The number of rotatable bonds is 4. The molecule has 0 radical (unpaired) electrons. The third-order valence-electron chi connectivity index (χ3n) is 4.07. The van der Waals surface area contributed by atoms with E-state index < -0.39 is 0 Å². The van der Waals surface area contributed by atoms with Gasteiger partial charge in [-0.1, -0.05) is 37.3 Å². The van der Waals surface area contributed by atoms with Gasteiger partial charge < -0.3 is 5.32 Å². The molecular weight excluding hydrogens is 290 g/mol. The summed E-state index contributed by atoms with van der Waals surface area (Å²) < 4.78 is 0. The Bertz CT molecular complexity index is 634. The summed E-state index contributed by atoms with van der Waals surface area (Å²) in [5.74, 6) is 0.864. The Morgan fingerprint density at radius 1 is 1.22 bits per heavy atom. The van der Waals surface area contributed by atoms with Gasteiger partial charge in [0.25, 0.3) is 0 Å². The van der Waals surface area contributed by atoms with Crippen molar-refractivity contribution < 1.29 is 4.79 Å². The number of nitrogens with one attached hydrogen (secondary N) is 2. The maximum absolute atomic E-state index is 12.1. The quantitative estimate of drug-likeness (QED) is 0.907. The van der Waals surface area contributed by atoms with Gasteiger partial charge in [0.05, 0.1) is 0 Å². The minimum absolute atomic E-state index is 0.135. The van der Waals surface area contributed by atoms with Crippen LogP contribution < -0.4 is 10.6 Å². The molecular formula is C17H21N5O. The van der Waals surface area contributed by atoms with Crippen molar-refractivity contribution in [3.05, 3.63) is 54.2 Å². The molecule has 120 valence electrons. The highest BCUT2D eigenvalue weighted by molar-refractivity contribution is 5.88. The number of nitrogens with zero attached hydrogens (tertiary/aromatic N) is 3. The van der Waals surface area contributed by atoms with E-state index in [0.29, 0.717) is 11.7 Å². The van der Waals surface area contributed by atoms with Crippen molar-refractivity contribution in [2.75, 3.05) is 18.4 Å². The van der Waals surface area contributed by atoms with Crippen LogP contribution in [0.1, 0.15) is 12.5 Å². The topological polar surface area (TPSA) is 70.2 Å². The van der Waals surface area contributed by atoms with Crippen LogP contribution in [0.15, 0.2) is 48.7 Å². The van der Waals surface area contributed by atoms with E-state index in [1.165, 1.54) is 5.56 Å². The van der Waals surface area contributed by atoms with Crippen LogP contribution in [0.25, 0.3) is 0 Å². The van der Waals surface area contributed by atoms with Crippen LogP contribution >= 0.6 is 0 Å². The van der Waals surface area contributed by atoms with Gasteiger partial charge >= 0.3 is 6.03 Å². The van der Waals surface area contributed by atoms with Crippen LogP contribution in [0.4, 0.5) is 10.6 Å². The highest BCUT2D eigenvalue weighted by Crippen LogP contribution is 2.19. The Kier molecular flexibility index (Phi) is 4.83. The number of amides is 2. The van der Waals surface area contributed by atoms with Gasteiger partial charge in [0, 0.05) is 31.9 Å². The zero-order chi connectivity index (χ0) is 16.1. The lowest BCUT2D eigenvalue weighted by Crippen LogP contribution is -2.42. The number of hydrogen-bond acceptors (Lipinski definition) is 4. The van der Waals surface area contributed by atoms with Gasteiger partial charge in [-0.05, 0) is 23.6 Å². The number of carbonyl (C=O) groups is 1. The largest absolute Gasteiger partial charge is 0.333 e. The highest BCUT2D eigenvalue weighted by atomic mass is 16.2. The Morgan fingerprint density at radius 3 is 2.78 bits per heavy atom. The third-order valence-corrected chi connectivity index (χ3v) is 4.07. The van der Waals surface area contributed by atoms with E-state index in [4.69, 9.17) is 0 Å². The Hall–Kier alpha value is -2.47. The molecule has 2 amide bonds. The molecule has 6 heteroatoms. The molecule has 23 heavy (non-hydrogen) atoms. The number of carbonyl (C=O) groups excluding carboxylic acids is 1. The van der Waals surface area contributed by atoms with E-state index in [1.54, 1.807) is 18.3 Å². The Morgan fingerprint density at radius 2 is 2.04 bits per heavy atom. The minimum Gasteiger partial charge on any atom is -0.333 e. The summed E-state index contributed by atoms with van der Waals surface area (Å²) in [5, 5.41) is 13.3. The van der Waals surface area contributed by atoms with Gasteiger partial charge in [-0.2, -0.15) is 5.10 Å². The molecule has 1 saturated heterocycles. The van der Waals surface area contributed by atoms with Crippen molar-refractivity contribution in [1.82, 2.24) is 20.4 Å². The molecule has 0 saturated carbocycles. The molecule has 0 spiro atoms. The molecule has 2 atom stereocenters. The molecule has 2 unspecified atom stereocenters. The van der Waals surface area contributed by atoms with Crippen LogP contribution in [0.2, 0.25) is 0 Å². The lowest BCUT2D eigenvalue weighted by atomic mass is 10.1. The van der Waals surface area contributed by atoms with E-state index in [0.717, 1.165) is 19.6 Å². The Labute approximate surface area is 135 Å². The van der Waals surface area contributed by atoms with E-state index in [9.17, 15) is 4.79 Å². The molecule has 2 aromatic rings. The van der Waals surface area contributed by atoms with Gasteiger partial charge in [0.15, 0.2) is 5.82 Å². The summed E-state index contributed by atoms with van der Waals surface area (Å²) >= 11 is 0. The van der Waals surface area contributed by atoms with Crippen LogP contribution in [0.5, 0.6) is 0 Å². The molecule has 1 aliphatic rings. The first-order chi connectivity index (χ1) is 11.2. The second-order valence-corrected chi connectivity index (χ2v) is 5.97. The molecule has 3 rings (SSSR count). The van der Waals surface area contributed by atoms with E-state index in [1.807, 2.05) is 6.07 Å². The zero-order valence-corrected chi connectivity index (χ0v) is 13.1. The molecule has 2 heterocycles. The summed E-state index contributed by atoms with van der Waals surface area (Å²) in [6.07, 6.45) is 1.57. The van der Waals surface area contributed by atoms with Crippen molar-refractivity contribution >= 4 is 11.8 Å². The lowest BCUT2D eigenvalue weighted by Gasteiger charge is -2.17. The number of anilines is 1. The Balaban J connectivity index is 1.51. The van der Waals surface area contributed by atoms with Crippen LogP contribution in [0.3, 0.4) is 0 Å². The summed E-state index contributed by atoms with van der Waals surface area (Å²) in [7, 11) is 0. The summed E-state index contributed by atoms with van der Waals surface area (Å²) in [6, 6.07) is 13.8. The molecule has 0 bridgehead atoms. The number of hydrogen-bond donors (Lipinski definition) is 2. The first-order valence-electron chi connectivity index (χ1n) is 7.82. The average molecular weight is 311 g/mol. The van der Waals surface area contributed by atoms with Crippen molar-refractivity contribution in [3.8, 4) is 0 Å². The fourth-order valence-electron chi connectivity index (χ4n) is 2.91. The average Bonchev–Trinajstić information content (AvgIpc) is 2.88. The molecule has 1 aromatic heterocycles. The highest BCUT2D eigenvalue weighted by Gasteiger charge is 2.30. The molecule has 0 aliphatic carbocycles. The summed E-state index contributed by atoms with van der Waals surface area (Å²) in [5.41, 5.74) is 1.30. The normalized spacial score (nSPS) is 21.1. The molecule has 1 aromatic carbocycles. The lowest BCUT2D eigenvalue weighted by molar-refractivity contribution is 0.246. The fraction of sp³-hybridized carbons (Fsp3) is 0.353. The number of benzene rings is 1. The number of aromatic nitrogens is 2. The van der Waals surface area contributed by atoms with Crippen LogP contribution in [-0.2, 0) is 6.54 Å². The third kappa shape index (κ3) is 4.26. The van der Waals surface area contributed by atoms with Gasteiger partial charge in [-0.15, -0.1) is 5.10 Å².